The molecule has 12 heteroatoms. The number of nitrogens with two attached hydrogens (primary N) is 1. The second-order valence-electron chi connectivity index (χ2n) is 8.52. The number of carbonyl (C=O) groups is 3. The molecule has 0 aromatic heterocycles. The minimum Gasteiger partial charge on any atom is -0.504 e. The lowest BCUT2D eigenvalue weighted by atomic mass is 10.0. The number of aromatic hydroxyl groups is 1. The van der Waals surface area contributed by atoms with Gasteiger partial charge in [0.05, 0.1) is 18.6 Å². The molecule has 2 aliphatic rings. The molecule has 0 radical (unpaired) electrons. The fourth-order valence-corrected chi connectivity index (χ4v) is 3.83. The highest BCUT2D eigenvalue weighted by molar-refractivity contribution is 5.87. The number of ether oxygens (including phenoxy) is 2. The van der Waals surface area contributed by atoms with Gasteiger partial charge in [-0.3, -0.25) is 9.59 Å². The van der Waals surface area contributed by atoms with Crippen molar-refractivity contribution in [2.24, 2.45) is 5.73 Å². The number of benzene rings is 1. The van der Waals surface area contributed by atoms with E-state index in [-0.39, 0.29) is 37.2 Å². The van der Waals surface area contributed by atoms with E-state index < -0.39 is 54.0 Å². The number of phenolic OH excluding ortho intramolecular Hbond substituents is 1. The molecule has 1 saturated carbocycles. The lowest BCUT2D eigenvalue weighted by Crippen LogP contribution is -2.49. The number of rotatable bonds is 10. The third-order valence-corrected chi connectivity index (χ3v) is 5.78. The van der Waals surface area contributed by atoms with Gasteiger partial charge in [-0.2, -0.15) is 0 Å². The van der Waals surface area contributed by atoms with Crippen LogP contribution < -0.4 is 15.8 Å². The summed E-state index contributed by atoms with van der Waals surface area (Å²) >= 11 is 0. The predicted octanol–water partition coefficient (Wildman–Crippen LogP) is -1.19. The van der Waals surface area contributed by atoms with Crippen molar-refractivity contribution in [3.05, 3.63) is 23.8 Å². The van der Waals surface area contributed by atoms with Crippen molar-refractivity contribution >= 4 is 17.8 Å². The first-order valence-electron chi connectivity index (χ1n) is 10.5. The van der Waals surface area contributed by atoms with Gasteiger partial charge in [-0.05, 0) is 24.1 Å². The van der Waals surface area contributed by atoms with Gasteiger partial charge in [-0.1, -0.05) is 6.07 Å². The van der Waals surface area contributed by atoms with Crippen molar-refractivity contribution in [3.63, 3.8) is 0 Å². The second-order valence-corrected chi connectivity index (χ2v) is 8.52. The van der Waals surface area contributed by atoms with E-state index in [9.17, 15) is 29.7 Å². The Morgan fingerprint density at radius 1 is 1.30 bits per heavy atom. The van der Waals surface area contributed by atoms with Gasteiger partial charge in [0.2, 0.25) is 12.2 Å². The SMILES string of the molecule is N[C@@H](CCC(=O)O)C(=O)N[C@@H](Cc1ccc(OC2C[C@@H](O)CC3(CC3[OH2+])O2)c(O)c1)C(=O)O. The Bertz CT molecular complexity index is 909. The van der Waals surface area contributed by atoms with Gasteiger partial charge in [0.15, 0.2) is 23.2 Å². The fraction of sp³-hybridized carbons (Fsp3) is 0.571. The van der Waals surface area contributed by atoms with E-state index in [1.54, 1.807) is 0 Å². The molecule has 3 unspecified atom stereocenters. The number of aliphatic hydroxyl groups excluding tert-OH is 1. The molecule has 1 spiro atoms. The van der Waals surface area contributed by atoms with Crippen LogP contribution in [0.4, 0.5) is 0 Å². The lowest BCUT2D eigenvalue weighted by molar-refractivity contribution is -0.197. The van der Waals surface area contributed by atoms with Crippen LogP contribution in [0.2, 0.25) is 0 Å². The van der Waals surface area contributed by atoms with Crippen molar-refractivity contribution in [2.75, 3.05) is 0 Å². The summed E-state index contributed by atoms with van der Waals surface area (Å²) in [5.74, 6) is -3.44. The Morgan fingerprint density at radius 2 is 2.00 bits per heavy atom. The number of carboxylic acid groups (broad SMARTS) is 2. The van der Waals surface area contributed by atoms with Crippen LogP contribution in [0, 0.1) is 0 Å². The molecule has 6 atom stereocenters. The quantitative estimate of drug-likeness (QED) is 0.225. The molecule has 182 valence electrons. The molecule has 3 rings (SSSR count). The smallest absolute Gasteiger partial charge is 0.326 e. The van der Waals surface area contributed by atoms with Crippen molar-refractivity contribution in [2.45, 2.75) is 74.7 Å². The minimum atomic E-state index is -1.35. The summed E-state index contributed by atoms with van der Waals surface area (Å²) in [6.07, 6.45) is -1.50. The molecule has 12 nitrogen and oxygen atoms in total. The van der Waals surface area contributed by atoms with Crippen LogP contribution in [-0.4, -0.2) is 79.6 Å². The molecule has 33 heavy (non-hydrogen) atoms. The third kappa shape index (κ3) is 6.32. The van der Waals surface area contributed by atoms with Crippen LogP contribution >= 0.6 is 0 Å². The highest BCUT2D eigenvalue weighted by Gasteiger charge is 2.64. The Kier molecular flexibility index (Phi) is 7.42. The van der Waals surface area contributed by atoms with Gasteiger partial charge in [0.25, 0.3) is 0 Å². The van der Waals surface area contributed by atoms with Crippen molar-refractivity contribution < 1.29 is 49.4 Å². The van der Waals surface area contributed by atoms with E-state index in [1.165, 1.54) is 18.2 Å². The van der Waals surface area contributed by atoms with E-state index in [2.05, 4.69) is 5.32 Å². The molecule has 9 N–H and O–H groups in total. The number of hydrogen-bond acceptors (Lipinski definition) is 8. The van der Waals surface area contributed by atoms with Gasteiger partial charge >= 0.3 is 11.9 Å². The topological polar surface area (TPSA) is 212 Å². The van der Waals surface area contributed by atoms with Gasteiger partial charge in [0, 0.05) is 25.7 Å². The molecule has 0 bridgehead atoms. The molecule has 1 saturated heterocycles. The first kappa shape index (κ1) is 24.7. The Labute approximate surface area is 188 Å². The van der Waals surface area contributed by atoms with Gasteiger partial charge in [0.1, 0.15) is 6.04 Å². The largest absolute Gasteiger partial charge is 0.504 e. The zero-order chi connectivity index (χ0) is 24.3. The summed E-state index contributed by atoms with van der Waals surface area (Å²) in [6, 6.07) is 1.71. The maximum absolute atomic E-state index is 12.1. The number of aliphatic hydroxyl groups is 1. The van der Waals surface area contributed by atoms with Crippen molar-refractivity contribution in [1.29, 1.82) is 0 Å². The van der Waals surface area contributed by atoms with E-state index in [0.29, 0.717) is 18.4 Å². The van der Waals surface area contributed by atoms with Crippen LogP contribution in [0.3, 0.4) is 0 Å². The monoisotopic (exact) mass is 469 g/mol. The molecule has 1 aliphatic heterocycles. The Balaban J connectivity index is 1.60. The van der Waals surface area contributed by atoms with Crippen LogP contribution in [0.25, 0.3) is 0 Å². The van der Waals surface area contributed by atoms with Crippen LogP contribution in [0.5, 0.6) is 11.5 Å². The lowest BCUT2D eigenvalue weighted by Gasteiger charge is -2.32. The maximum atomic E-state index is 12.1. The molecule has 1 amide bonds. The van der Waals surface area contributed by atoms with Crippen LogP contribution in [-0.2, 0) is 25.5 Å². The molecule has 1 aromatic rings. The molecular formula is C21H29N2O10+. The summed E-state index contributed by atoms with van der Waals surface area (Å²) in [5.41, 5.74) is 5.29. The number of nitrogens with one attached hydrogen (secondary N) is 1. The standard InChI is InChI=1S/C21H28N2O10/c22-12(2-4-17(27)28)19(29)23-13(20(30)31)5-10-1-3-15(14(25)6-10)32-18-7-11(24)8-21(33-18)9-16(21)26/h1,3,6,11-13,16,18,24-26H,2,4-5,7-9,22H2,(H,23,29)(H,27,28)(H,30,31)/p+1/t11-,12+,13+,16?,18?,21?/m1/s1. The Hall–Kier alpha value is -2.93. The first-order valence-corrected chi connectivity index (χ1v) is 10.5. The predicted molar refractivity (Wildman–Crippen MR) is 112 cm³/mol. The van der Waals surface area contributed by atoms with Crippen LogP contribution in [0.1, 0.15) is 37.7 Å². The summed E-state index contributed by atoms with van der Waals surface area (Å²) in [5, 5.41) is 48.6. The fourth-order valence-electron chi connectivity index (χ4n) is 3.83. The molecule has 1 aromatic carbocycles. The molecule has 1 heterocycles. The van der Waals surface area contributed by atoms with E-state index in [1.807, 2.05) is 0 Å². The number of phenols is 1. The minimum absolute atomic E-state index is 0.0711. The summed E-state index contributed by atoms with van der Waals surface area (Å²) in [4.78, 5) is 34.3. The molecule has 1 aliphatic carbocycles. The molecular weight excluding hydrogens is 440 g/mol. The van der Waals surface area contributed by atoms with Crippen molar-refractivity contribution in [3.8, 4) is 11.5 Å². The van der Waals surface area contributed by atoms with Gasteiger partial charge in [-0.25, -0.2) is 4.79 Å². The molecule has 2 fully saturated rings. The maximum Gasteiger partial charge on any atom is 0.326 e. The summed E-state index contributed by atoms with van der Waals surface area (Å²) in [6.45, 7) is 0. The van der Waals surface area contributed by atoms with Gasteiger partial charge < -0.3 is 46.1 Å². The number of amides is 1. The first-order chi connectivity index (χ1) is 15.5. The summed E-state index contributed by atoms with van der Waals surface area (Å²) < 4.78 is 11.5. The number of carboxylic acids is 2. The average Bonchev–Trinajstić information content (AvgIpc) is 3.33. The van der Waals surface area contributed by atoms with E-state index >= 15 is 0 Å². The van der Waals surface area contributed by atoms with Gasteiger partial charge in [-0.15, -0.1) is 0 Å². The third-order valence-electron chi connectivity index (χ3n) is 5.78. The normalized spacial score (nSPS) is 28.0. The van der Waals surface area contributed by atoms with E-state index in [4.69, 9.17) is 25.4 Å². The van der Waals surface area contributed by atoms with Crippen LogP contribution in [0.15, 0.2) is 18.2 Å². The van der Waals surface area contributed by atoms with Crippen molar-refractivity contribution in [1.82, 2.24) is 5.32 Å². The summed E-state index contributed by atoms with van der Waals surface area (Å²) in [7, 11) is 0. The highest BCUT2D eigenvalue weighted by Crippen LogP contribution is 2.48. The van der Waals surface area contributed by atoms with E-state index in [0.717, 1.165) is 0 Å². The Morgan fingerprint density at radius 3 is 2.58 bits per heavy atom. The zero-order valence-electron chi connectivity index (χ0n) is 17.8. The number of hydrogen-bond donors (Lipinski definition) is 6. The zero-order valence-corrected chi connectivity index (χ0v) is 17.8. The average molecular weight is 469 g/mol. The number of carbonyl (C=O) groups excluding carboxylic acids is 1. The highest BCUT2D eigenvalue weighted by atomic mass is 16.7. The second kappa shape index (κ2) is 9.91. The number of aliphatic carboxylic acids is 2.